The number of hydrogen-bond acceptors (Lipinski definition) is 3. The van der Waals surface area contributed by atoms with Crippen LogP contribution in [0.4, 0.5) is 0 Å². The minimum atomic E-state index is -1.00. The lowest BCUT2D eigenvalue weighted by atomic mass is 10.2. The van der Waals surface area contributed by atoms with Crippen LogP contribution in [0.15, 0.2) is 0 Å². The molecule has 1 atom stereocenters. The molecule has 1 unspecified atom stereocenters. The Morgan fingerprint density at radius 3 is 1.85 bits per heavy atom. The van der Waals surface area contributed by atoms with Crippen molar-refractivity contribution in [3.63, 3.8) is 0 Å². The Labute approximate surface area is 86.1 Å². The summed E-state index contributed by atoms with van der Waals surface area (Å²) in [6, 6.07) is -0.816. The molecule has 0 amide bonds. The fourth-order valence-electron chi connectivity index (χ4n) is 0.578. The van der Waals surface area contributed by atoms with Gasteiger partial charge in [0.1, 0.15) is 6.04 Å². The predicted octanol–water partition coefficient (Wildman–Crippen LogP) is 1.91. The predicted molar refractivity (Wildman–Crippen MR) is 59.3 cm³/mol. The second-order valence-electron chi connectivity index (χ2n) is 2.83. The highest BCUT2D eigenvalue weighted by molar-refractivity contribution is 7.80. The minimum Gasteiger partial charge on any atom is -0.480 e. The topological polar surface area (TPSA) is 63.3 Å². The van der Waals surface area contributed by atoms with Gasteiger partial charge in [0.25, 0.3) is 0 Å². The summed E-state index contributed by atoms with van der Waals surface area (Å²) in [5.41, 5.74) is 4.94. The molecule has 3 nitrogen and oxygen atoms in total. The van der Waals surface area contributed by atoms with E-state index in [1.54, 1.807) is 0 Å². The molecule has 0 spiro atoms. The summed E-state index contributed by atoms with van der Waals surface area (Å²) >= 11 is 3.65. The van der Waals surface area contributed by atoms with E-state index < -0.39 is 12.0 Å². The molecule has 0 fully saturated rings. The van der Waals surface area contributed by atoms with Crippen LogP contribution < -0.4 is 5.73 Å². The summed E-state index contributed by atoms with van der Waals surface area (Å²) in [6.45, 7) is 4.46. The number of unbranched alkanes of at least 4 members (excludes halogenated alkanes) is 3. The first-order chi connectivity index (χ1) is 6.09. The van der Waals surface area contributed by atoms with Crippen LogP contribution in [0, 0.1) is 0 Å². The number of thiol groups is 1. The molecule has 0 bridgehead atoms. The van der Waals surface area contributed by atoms with Crippen molar-refractivity contribution >= 4 is 18.6 Å². The van der Waals surface area contributed by atoms with Crippen molar-refractivity contribution in [3.05, 3.63) is 0 Å². The molecule has 0 aliphatic carbocycles. The third kappa shape index (κ3) is 14.6. The highest BCUT2D eigenvalue weighted by atomic mass is 32.1. The normalized spacial score (nSPS) is 11.4. The first kappa shape index (κ1) is 15.3. The zero-order valence-electron chi connectivity index (χ0n) is 8.49. The standard InChI is InChI=1S/C6H14.C3H7NO2S/c1-3-5-6-4-2;4-2(1-7)3(5)6/h3-6H2,1-2H3;2,7H,1,4H2,(H,5,6). The molecule has 0 aliphatic heterocycles. The Hall–Kier alpha value is -0.220. The summed E-state index contributed by atoms with van der Waals surface area (Å²) < 4.78 is 0. The van der Waals surface area contributed by atoms with Gasteiger partial charge in [-0.3, -0.25) is 4.79 Å². The molecule has 0 aromatic carbocycles. The number of carbonyl (C=O) groups is 1. The van der Waals surface area contributed by atoms with E-state index in [0.717, 1.165) is 0 Å². The van der Waals surface area contributed by atoms with Gasteiger partial charge in [0, 0.05) is 5.75 Å². The average Bonchev–Trinajstić information content (AvgIpc) is 2.14. The van der Waals surface area contributed by atoms with Crippen LogP contribution in [-0.2, 0) is 4.79 Å². The summed E-state index contributed by atoms with van der Waals surface area (Å²) in [5, 5.41) is 8.01. The molecule has 0 saturated carbocycles. The van der Waals surface area contributed by atoms with E-state index in [1.807, 2.05) is 0 Å². The first-order valence-corrected chi connectivity index (χ1v) is 5.32. The van der Waals surface area contributed by atoms with Gasteiger partial charge in [0.2, 0.25) is 0 Å². The number of aliphatic carboxylic acids is 1. The maximum absolute atomic E-state index is 9.76. The Kier molecular flexibility index (Phi) is 13.8. The van der Waals surface area contributed by atoms with Crippen LogP contribution in [0.2, 0.25) is 0 Å². The number of carboxylic acids is 1. The molecule has 0 radical (unpaired) electrons. The lowest BCUT2D eigenvalue weighted by molar-refractivity contribution is -0.137. The van der Waals surface area contributed by atoms with E-state index >= 15 is 0 Å². The van der Waals surface area contributed by atoms with Crippen molar-refractivity contribution in [2.45, 2.75) is 45.6 Å². The Morgan fingerprint density at radius 2 is 1.77 bits per heavy atom. The van der Waals surface area contributed by atoms with Gasteiger partial charge < -0.3 is 10.8 Å². The van der Waals surface area contributed by atoms with Crippen molar-refractivity contribution in [2.24, 2.45) is 5.73 Å². The zero-order valence-corrected chi connectivity index (χ0v) is 9.39. The first-order valence-electron chi connectivity index (χ1n) is 4.69. The second-order valence-corrected chi connectivity index (χ2v) is 3.20. The minimum absolute atomic E-state index is 0.190. The van der Waals surface area contributed by atoms with Crippen molar-refractivity contribution in [2.75, 3.05) is 5.75 Å². The van der Waals surface area contributed by atoms with Gasteiger partial charge in [0.05, 0.1) is 0 Å². The number of hydrogen-bond donors (Lipinski definition) is 3. The molecule has 0 aromatic rings. The summed E-state index contributed by atoms with van der Waals surface area (Å²) in [5.74, 6) is -0.815. The smallest absolute Gasteiger partial charge is 0.321 e. The maximum Gasteiger partial charge on any atom is 0.321 e. The molecule has 0 aromatic heterocycles. The molecule has 3 N–H and O–H groups in total. The Morgan fingerprint density at radius 1 is 1.38 bits per heavy atom. The molecule has 0 saturated heterocycles. The van der Waals surface area contributed by atoms with Gasteiger partial charge in [-0.1, -0.05) is 39.5 Å². The van der Waals surface area contributed by atoms with Gasteiger partial charge >= 0.3 is 5.97 Å². The van der Waals surface area contributed by atoms with Crippen molar-refractivity contribution < 1.29 is 9.90 Å². The molecule has 80 valence electrons. The van der Waals surface area contributed by atoms with Gasteiger partial charge in [-0.25, -0.2) is 0 Å². The Balaban J connectivity index is 0. The van der Waals surface area contributed by atoms with Crippen molar-refractivity contribution in [3.8, 4) is 0 Å². The van der Waals surface area contributed by atoms with E-state index in [0.29, 0.717) is 0 Å². The number of carboxylic acid groups (broad SMARTS) is 1. The third-order valence-corrected chi connectivity index (χ3v) is 1.86. The molecule has 0 rings (SSSR count). The lowest BCUT2D eigenvalue weighted by Crippen LogP contribution is -2.31. The van der Waals surface area contributed by atoms with Crippen LogP contribution in [0.1, 0.15) is 39.5 Å². The molecule has 0 heterocycles. The van der Waals surface area contributed by atoms with Crippen LogP contribution in [0.25, 0.3) is 0 Å². The fraction of sp³-hybridized carbons (Fsp3) is 0.889. The van der Waals surface area contributed by atoms with E-state index in [1.165, 1.54) is 25.7 Å². The van der Waals surface area contributed by atoms with E-state index in [-0.39, 0.29) is 5.75 Å². The lowest BCUT2D eigenvalue weighted by Gasteiger charge is -1.96. The third-order valence-electron chi connectivity index (χ3n) is 1.47. The number of nitrogens with two attached hydrogens (primary N) is 1. The SMILES string of the molecule is CCCCCC.NC(CS)C(=O)O. The highest BCUT2D eigenvalue weighted by Gasteiger charge is 2.06. The average molecular weight is 207 g/mol. The largest absolute Gasteiger partial charge is 0.480 e. The van der Waals surface area contributed by atoms with Crippen LogP contribution in [0.3, 0.4) is 0 Å². The van der Waals surface area contributed by atoms with Gasteiger partial charge in [-0.2, -0.15) is 12.6 Å². The van der Waals surface area contributed by atoms with Gasteiger partial charge in [0.15, 0.2) is 0 Å². The van der Waals surface area contributed by atoms with Gasteiger partial charge in [-0.15, -0.1) is 0 Å². The summed E-state index contributed by atoms with van der Waals surface area (Å²) in [4.78, 5) is 9.76. The molecular formula is C9H21NO2S. The molecule has 0 aliphatic rings. The van der Waals surface area contributed by atoms with Crippen LogP contribution in [0.5, 0.6) is 0 Å². The zero-order chi connectivity index (χ0) is 10.7. The van der Waals surface area contributed by atoms with Gasteiger partial charge in [-0.05, 0) is 0 Å². The van der Waals surface area contributed by atoms with Crippen LogP contribution >= 0.6 is 12.6 Å². The van der Waals surface area contributed by atoms with E-state index in [2.05, 4.69) is 26.5 Å². The van der Waals surface area contributed by atoms with Crippen molar-refractivity contribution in [1.29, 1.82) is 0 Å². The maximum atomic E-state index is 9.76. The Bertz CT molecular complexity index is 116. The number of rotatable bonds is 5. The fourth-order valence-corrected chi connectivity index (χ4v) is 0.734. The van der Waals surface area contributed by atoms with E-state index in [9.17, 15) is 4.79 Å². The molecule has 13 heavy (non-hydrogen) atoms. The summed E-state index contributed by atoms with van der Waals surface area (Å²) in [6.07, 6.45) is 5.54. The quantitative estimate of drug-likeness (QED) is 0.476. The van der Waals surface area contributed by atoms with E-state index in [4.69, 9.17) is 10.8 Å². The van der Waals surface area contributed by atoms with Crippen LogP contribution in [-0.4, -0.2) is 22.9 Å². The second kappa shape index (κ2) is 11.8. The summed E-state index contributed by atoms with van der Waals surface area (Å²) in [7, 11) is 0. The monoisotopic (exact) mass is 207 g/mol. The van der Waals surface area contributed by atoms with Crippen molar-refractivity contribution in [1.82, 2.24) is 0 Å². The highest BCUT2D eigenvalue weighted by Crippen LogP contribution is 1.95. The molecule has 4 heteroatoms. The molecular weight excluding hydrogens is 186 g/mol.